The maximum Gasteiger partial charge on any atom is 0.271 e. The van der Waals surface area contributed by atoms with Gasteiger partial charge in [0.1, 0.15) is 5.25 Å². The molecule has 0 spiro atoms. The Morgan fingerprint density at radius 2 is 2.27 bits per heavy atom. The molecule has 0 aromatic rings. The van der Waals surface area contributed by atoms with Crippen molar-refractivity contribution in [2.45, 2.75) is 11.7 Å². The highest BCUT2D eigenvalue weighted by atomic mass is 32.2. The first-order chi connectivity index (χ1) is 5.00. The average molecular weight is 175 g/mol. The van der Waals surface area contributed by atoms with Crippen LogP contribution in [0.2, 0.25) is 0 Å². The first-order valence-electron chi connectivity index (χ1n) is 3.10. The minimum Gasteiger partial charge on any atom is -0.399 e. The molecule has 0 heterocycles. The predicted molar refractivity (Wildman–Crippen MR) is 41.4 cm³/mol. The lowest BCUT2D eigenvalue weighted by molar-refractivity contribution is 0.474. The second-order valence-corrected chi connectivity index (χ2v) is 3.99. The van der Waals surface area contributed by atoms with E-state index in [0.717, 1.165) is 0 Å². The van der Waals surface area contributed by atoms with Gasteiger partial charge in [0.05, 0.1) is 0 Å². The van der Waals surface area contributed by atoms with E-state index < -0.39 is 15.4 Å². The van der Waals surface area contributed by atoms with Gasteiger partial charge < -0.3 is 5.73 Å². The van der Waals surface area contributed by atoms with E-state index in [1.165, 1.54) is 12.2 Å². The highest BCUT2D eigenvalue weighted by Crippen LogP contribution is 2.13. The molecule has 0 saturated carbocycles. The Hall–Kier alpha value is -0.810. The molecule has 1 atom stereocenters. The highest BCUT2D eigenvalue weighted by Gasteiger charge is 2.20. The zero-order valence-corrected chi connectivity index (χ0v) is 6.58. The largest absolute Gasteiger partial charge is 0.399 e. The second-order valence-electron chi connectivity index (χ2n) is 2.35. The van der Waals surface area contributed by atoms with E-state index in [9.17, 15) is 8.42 Å². The van der Waals surface area contributed by atoms with E-state index in [1.807, 2.05) is 0 Å². The molecule has 3 N–H and O–H groups in total. The summed E-state index contributed by atoms with van der Waals surface area (Å²) in [5.41, 5.74) is 5.87. The summed E-state index contributed by atoms with van der Waals surface area (Å²) in [5, 5.41) is -0.824. The zero-order valence-electron chi connectivity index (χ0n) is 5.77. The van der Waals surface area contributed by atoms with Crippen LogP contribution in [0, 0.1) is 0 Å². The lowest BCUT2D eigenvalue weighted by atomic mass is 10.1. The van der Waals surface area contributed by atoms with Crippen LogP contribution >= 0.6 is 0 Å². The molecule has 1 aliphatic carbocycles. The number of hydrogen-bond acceptors (Lipinski definition) is 3. The van der Waals surface area contributed by atoms with E-state index in [4.69, 9.17) is 10.3 Å². The highest BCUT2D eigenvalue weighted by molar-refractivity contribution is 7.86. The van der Waals surface area contributed by atoms with Crippen LogP contribution in [0.3, 0.4) is 0 Å². The fraction of sp³-hybridized carbons (Fsp3) is 0.333. The van der Waals surface area contributed by atoms with Crippen LogP contribution in [0.4, 0.5) is 0 Å². The molecule has 62 valence electrons. The summed E-state index contributed by atoms with van der Waals surface area (Å²) in [4.78, 5) is 0. The first-order valence-corrected chi connectivity index (χ1v) is 4.60. The van der Waals surface area contributed by atoms with Gasteiger partial charge in [0, 0.05) is 5.70 Å². The van der Waals surface area contributed by atoms with E-state index in [-0.39, 0.29) is 6.42 Å². The molecular weight excluding hydrogens is 166 g/mol. The second kappa shape index (κ2) is 2.67. The minimum absolute atomic E-state index is 0.251. The smallest absolute Gasteiger partial charge is 0.271 e. The maximum absolute atomic E-state index is 10.5. The van der Waals surface area contributed by atoms with Gasteiger partial charge >= 0.3 is 0 Å². The summed E-state index contributed by atoms with van der Waals surface area (Å²) >= 11 is 0. The maximum atomic E-state index is 10.5. The third kappa shape index (κ3) is 2.06. The Kier molecular flexibility index (Phi) is 2.01. The van der Waals surface area contributed by atoms with Crippen molar-refractivity contribution >= 4 is 10.1 Å². The van der Waals surface area contributed by atoms with Gasteiger partial charge in [-0.1, -0.05) is 12.2 Å². The standard InChI is InChI=1S/C6H9NO3S/c7-5-1-3-6(4-2-5)11(8,9)10/h1-3,6H,4,7H2,(H,8,9,10). The minimum atomic E-state index is -3.94. The molecule has 0 radical (unpaired) electrons. The zero-order chi connectivity index (χ0) is 8.48. The van der Waals surface area contributed by atoms with Gasteiger partial charge in [0.15, 0.2) is 0 Å². The Balaban J connectivity index is 2.79. The molecule has 4 nitrogen and oxygen atoms in total. The number of nitrogens with two attached hydrogens (primary N) is 1. The van der Waals surface area contributed by atoms with Crippen molar-refractivity contribution in [3.8, 4) is 0 Å². The Bertz CT molecular complexity index is 302. The first kappa shape index (κ1) is 8.29. The summed E-state index contributed by atoms with van der Waals surface area (Å²) < 4.78 is 29.6. The van der Waals surface area contributed by atoms with Gasteiger partial charge in [-0.3, -0.25) is 4.55 Å². The molecule has 5 heteroatoms. The third-order valence-electron chi connectivity index (χ3n) is 1.47. The van der Waals surface area contributed by atoms with Crippen molar-refractivity contribution in [1.29, 1.82) is 0 Å². The van der Waals surface area contributed by atoms with Crippen LogP contribution < -0.4 is 5.73 Å². The third-order valence-corrected chi connectivity index (χ3v) is 2.59. The number of rotatable bonds is 1. The van der Waals surface area contributed by atoms with Crippen LogP contribution in [0.25, 0.3) is 0 Å². The average Bonchev–Trinajstić information content (AvgIpc) is 1.86. The number of hydrogen-bond donors (Lipinski definition) is 2. The lowest BCUT2D eigenvalue weighted by Crippen LogP contribution is -2.19. The lowest BCUT2D eigenvalue weighted by Gasteiger charge is -2.10. The van der Waals surface area contributed by atoms with Crippen molar-refractivity contribution in [3.63, 3.8) is 0 Å². The molecule has 0 aromatic heterocycles. The summed E-state index contributed by atoms with van der Waals surface area (Å²) in [6.07, 6.45) is 4.67. The fourth-order valence-electron chi connectivity index (χ4n) is 0.838. The molecule has 0 amide bonds. The molecule has 1 aliphatic rings. The summed E-state index contributed by atoms with van der Waals surface area (Å²) in [7, 11) is -3.94. The molecule has 0 saturated heterocycles. The molecule has 0 fully saturated rings. The van der Waals surface area contributed by atoms with Crippen molar-refractivity contribution in [3.05, 3.63) is 23.9 Å². The monoisotopic (exact) mass is 175 g/mol. The van der Waals surface area contributed by atoms with Gasteiger partial charge in [-0.25, -0.2) is 0 Å². The Morgan fingerprint density at radius 3 is 2.64 bits per heavy atom. The molecule has 0 aromatic carbocycles. The van der Waals surface area contributed by atoms with Gasteiger partial charge in [-0.2, -0.15) is 8.42 Å². The van der Waals surface area contributed by atoms with E-state index in [0.29, 0.717) is 5.70 Å². The SMILES string of the molecule is NC1=CCC(S(=O)(=O)O)C=C1. The molecule has 0 aliphatic heterocycles. The van der Waals surface area contributed by atoms with Crippen molar-refractivity contribution < 1.29 is 13.0 Å². The van der Waals surface area contributed by atoms with Crippen molar-refractivity contribution in [2.24, 2.45) is 5.73 Å². The normalized spacial score (nSPS) is 24.8. The number of allylic oxidation sites excluding steroid dienone is 2. The van der Waals surface area contributed by atoms with E-state index in [1.54, 1.807) is 6.08 Å². The Labute approximate surface area is 65.1 Å². The van der Waals surface area contributed by atoms with Gasteiger partial charge in [0.2, 0.25) is 0 Å². The molecule has 1 unspecified atom stereocenters. The summed E-state index contributed by atoms with van der Waals surface area (Å²) in [6.45, 7) is 0. The van der Waals surface area contributed by atoms with Crippen LogP contribution in [0.15, 0.2) is 23.9 Å². The summed E-state index contributed by atoms with van der Waals surface area (Å²) in [5.74, 6) is 0. The van der Waals surface area contributed by atoms with Gasteiger partial charge in [0.25, 0.3) is 10.1 Å². The van der Waals surface area contributed by atoms with Crippen LogP contribution in [0.1, 0.15) is 6.42 Å². The molecule has 1 rings (SSSR count). The quantitative estimate of drug-likeness (QED) is 0.551. The van der Waals surface area contributed by atoms with Crippen LogP contribution in [-0.4, -0.2) is 18.2 Å². The topological polar surface area (TPSA) is 80.4 Å². The molecular formula is C6H9NO3S. The van der Waals surface area contributed by atoms with Gasteiger partial charge in [-0.15, -0.1) is 0 Å². The molecule has 0 bridgehead atoms. The van der Waals surface area contributed by atoms with E-state index in [2.05, 4.69) is 0 Å². The molecule has 11 heavy (non-hydrogen) atoms. The van der Waals surface area contributed by atoms with Crippen LogP contribution in [0.5, 0.6) is 0 Å². The predicted octanol–water partition coefficient (Wildman–Crippen LogP) is 0.0453. The van der Waals surface area contributed by atoms with Gasteiger partial charge in [-0.05, 0) is 12.5 Å². The fourth-order valence-corrected chi connectivity index (χ4v) is 1.45. The van der Waals surface area contributed by atoms with Crippen molar-refractivity contribution in [1.82, 2.24) is 0 Å². The Morgan fingerprint density at radius 1 is 1.64 bits per heavy atom. The van der Waals surface area contributed by atoms with E-state index >= 15 is 0 Å². The van der Waals surface area contributed by atoms with Crippen LogP contribution in [-0.2, 0) is 10.1 Å². The van der Waals surface area contributed by atoms with Crippen molar-refractivity contribution in [2.75, 3.05) is 0 Å². The summed E-state index contributed by atoms with van der Waals surface area (Å²) in [6, 6.07) is 0.